The van der Waals surface area contributed by atoms with Crippen molar-refractivity contribution in [3.63, 3.8) is 0 Å². The Labute approximate surface area is 205 Å². The monoisotopic (exact) mass is 465 g/mol. The summed E-state index contributed by atoms with van der Waals surface area (Å²) in [6, 6.07) is 9.65. The highest BCUT2D eigenvalue weighted by Gasteiger charge is 2.17. The summed E-state index contributed by atoms with van der Waals surface area (Å²) in [5.74, 6) is 1.76. The van der Waals surface area contributed by atoms with E-state index in [9.17, 15) is 0 Å². The Balaban J connectivity index is 1.16. The Morgan fingerprint density at radius 3 is 2.35 bits per heavy atom. The molecule has 34 heavy (non-hydrogen) atoms. The molecule has 1 saturated heterocycles. The van der Waals surface area contributed by atoms with E-state index >= 15 is 0 Å². The number of nitrogens with zero attached hydrogens (tertiary/aromatic N) is 4. The molecule has 0 spiro atoms. The summed E-state index contributed by atoms with van der Waals surface area (Å²) in [4.78, 5) is 14.0. The smallest absolute Gasteiger partial charge is 0.227 e. The Bertz CT molecular complexity index is 856. The van der Waals surface area contributed by atoms with Gasteiger partial charge in [0.25, 0.3) is 0 Å². The van der Waals surface area contributed by atoms with Gasteiger partial charge in [0, 0.05) is 57.1 Å². The lowest BCUT2D eigenvalue weighted by Crippen LogP contribution is -2.45. The predicted octanol–water partition coefficient (Wildman–Crippen LogP) is 3.55. The maximum absolute atomic E-state index is 4.82. The third-order valence-corrected chi connectivity index (χ3v) is 7.13. The molecule has 186 valence electrons. The summed E-state index contributed by atoms with van der Waals surface area (Å²) in [5, 5.41) is 10.8. The van der Waals surface area contributed by atoms with Gasteiger partial charge >= 0.3 is 0 Å². The fourth-order valence-corrected chi connectivity index (χ4v) is 4.79. The molecular weight excluding hydrogens is 422 g/mol. The van der Waals surface area contributed by atoms with Crippen LogP contribution in [0.25, 0.3) is 0 Å². The highest BCUT2D eigenvalue weighted by Crippen LogP contribution is 2.18. The van der Waals surface area contributed by atoms with E-state index in [0.29, 0.717) is 0 Å². The van der Waals surface area contributed by atoms with Crippen LogP contribution in [-0.2, 0) is 13.1 Å². The largest absolute Gasteiger partial charge is 0.366 e. The van der Waals surface area contributed by atoms with Crippen LogP contribution >= 0.6 is 0 Å². The minimum absolute atomic E-state index is 0.763. The number of hydrogen-bond donors (Lipinski definition) is 3. The molecule has 4 rings (SSSR count). The van der Waals surface area contributed by atoms with Crippen molar-refractivity contribution < 1.29 is 0 Å². The van der Waals surface area contributed by atoms with Crippen molar-refractivity contribution in [2.45, 2.75) is 64.6 Å². The topological polar surface area (TPSA) is 68.4 Å². The minimum Gasteiger partial charge on any atom is -0.366 e. The van der Waals surface area contributed by atoms with Crippen molar-refractivity contribution >= 4 is 11.8 Å². The quantitative estimate of drug-likeness (QED) is 0.439. The predicted molar refractivity (Wildman–Crippen MR) is 141 cm³/mol. The van der Waals surface area contributed by atoms with E-state index in [1.54, 1.807) is 0 Å². The summed E-state index contributed by atoms with van der Waals surface area (Å²) < 4.78 is 0. The molecule has 1 aliphatic carbocycles. The van der Waals surface area contributed by atoms with E-state index in [1.165, 1.54) is 49.7 Å². The molecule has 1 aliphatic heterocycles. The molecule has 2 aliphatic rings. The number of aryl methyl sites for hydroxylation is 1. The van der Waals surface area contributed by atoms with E-state index in [4.69, 9.17) is 4.98 Å². The van der Waals surface area contributed by atoms with E-state index < -0.39 is 0 Å². The number of piperazine rings is 1. The van der Waals surface area contributed by atoms with Gasteiger partial charge in [0.05, 0.1) is 0 Å². The summed E-state index contributed by atoms with van der Waals surface area (Å²) in [6.45, 7) is 10.0. The van der Waals surface area contributed by atoms with Crippen LogP contribution in [0.2, 0.25) is 0 Å². The molecule has 2 aromatic rings. The molecule has 2 heterocycles. The number of anilines is 2. The number of aromatic nitrogens is 2. The number of rotatable bonds is 11. The molecule has 1 aromatic heterocycles. The molecule has 0 amide bonds. The molecule has 0 radical (unpaired) electrons. The third kappa shape index (κ3) is 7.65. The van der Waals surface area contributed by atoms with Crippen molar-refractivity contribution in [2.24, 2.45) is 0 Å². The minimum atomic E-state index is 0.763. The van der Waals surface area contributed by atoms with Crippen molar-refractivity contribution in [2.75, 3.05) is 56.5 Å². The van der Waals surface area contributed by atoms with Gasteiger partial charge in [-0.15, -0.1) is 0 Å². The molecule has 0 unspecified atom stereocenters. The van der Waals surface area contributed by atoms with Crippen molar-refractivity contribution in [1.29, 1.82) is 0 Å². The second-order valence-electron chi connectivity index (χ2n) is 9.98. The molecule has 1 aromatic carbocycles. The molecule has 1 saturated carbocycles. The second-order valence-corrected chi connectivity index (χ2v) is 9.98. The van der Waals surface area contributed by atoms with Gasteiger partial charge in [0.1, 0.15) is 5.82 Å². The first-order valence-corrected chi connectivity index (χ1v) is 13.2. The first kappa shape index (κ1) is 24.9. The van der Waals surface area contributed by atoms with Crippen LogP contribution in [0.4, 0.5) is 11.8 Å². The highest BCUT2D eigenvalue weighted by molar-refractivity contribution is 5.48. The third-order valence-electron chi connectivity index (χ3n) is 7.13. The molecule has 7 heteroatoms. The SMILES string of the molecule is Cc1cnc(N2CCN(C)CC2)nc1NCc1ccc(CNCCCNC2CCCCC2)cc1. The Kier molecular flexibility index (Phi) is 9.53. The lowest BCUT2D eigenvalue weighted by Gasteiger charge is -2.32. The van der Waals surface area contributed by atoms with Crippen LogP contribution in [0.3, 0.4) is 0 Å². The molecule has 0 bridgehead atoms. The molecule has 2 fully saturated rings. The van der Waals surface area contributed by atoms with Gasteiger partial charge in [0.2, 0.25) is 5.95 Å². The Morgan fingerprint density at radius 1 is 0.912 bits per heavy atom. The first-order valence-electron chi connectivity index (χ1n) is 13.2. The molecule has 3 N–H and O–H groups in total. The zero-order valence-electron chi connectivity index (χ0n) is 21.2. The van der Waals surface area contributed by atoms with Gasteiger partial charge in [-0.25, -0.2) is 4.98 Å². The lowest BCUT2D eigenvalue weighted by molar-refractivity contribution is 0.311. The van der Waals surface area contributed by atoms with Crippen LogP contribution in [0.1, 0.15) is 55.2 Å². The highest BCUT2D eigenvalue weighted by atomic mass is 15.3. The van der Waals surface area contributed by atoms with Gasteiger partial charge < -0.3 is 25.8 Å². The van der Waals surface area contributed by atoms with Crippen LogP contribution in [-0.4, -0.2) is 67.2 Å². The van der Waals surface area contributed by atoms with Gasteiger partial charge in [0.15, 0.2) is 0 Å². The fraction of sp³-hybridized carbons (Fsp3) is 0.630. The fourth-order valence-electron chi connectivity index (χ4n) is 4.79. The van der Waals surface area contributed by atoms with Crippen molar-refractivity contribution in [3.8, 4) is 0 Å². The summed E-state index contributed by atoms with van der Waals surface area (Å²) >= 11 is 0. The average Bonchev–Trinajstić information content (AvgIpc) is 2.87. The molecular formula is C27H43N7. The zero-order chi connectivity index (χ0) is 23.6. The normalized spacial score (nSPS) is 17.8. The summed E-state index contributed by atoms with van der Waals surface area (Å²) in [6.07, 6.45) is 10.1. The van der Waals surface area contributed by atoms with Crippen LogP contribution in [0.5, 0.6) is 0 Å². The summed E-state index contributed by atoms with van der Waals surface area (Å²) in [5.41, 5.74) is 3.68. The van der Waals surface area contributed by atoms with Crippen LogP contribution < -0.4 is 20.9 Å². The van der Waals surface area contributed by atoms with E-state index in [0.717, 1.165) is 75.7 Å². The number of hydrogen-bond acceptors (Lipinski definition) is 7. The average molecular weight is 466 g/mol. The molecule has 7 nitrogen and oxygen atoms in total. The maximum atomic E-state index is 4.82. The van der Waals surface area contributed by atoms with Gasteiger partial charge in [-0.05, 0) is 57.5 Å². The maximum Gasteiger partial charge on any atom is 0.227 e. The lowest BCUT2D eigenvalue weighted by atomic mass is 9.95. The van der Waals surface area contributed by atoms with E-state index in [-0.39, 0.29) is 0 Å². The van der Waals surface area contributed by atoms with Gasteiger partial charge in [-0.3, -0.25) is 0 Å². The molecule has 0 atom stereocenters. The van der Waals surface area contributed by atoms with E-state index in [2.05, 4.69) is 69.0 Å². The second kappa shape index (κ2) is 13.0. The Morgan fingerprint density at radius 2 is 1.62 bits per heavy atom. The zero-order valence-corrected chi connectivity index (χ0v) is 21.2. The van der Waals surface area contributed by atoms with Crippen molar-refractivity contribution in [1.82, 2.24) is 25.5 Å². The number of benzene rings is 1. The standard InChI is InChI=1S/C27H43N7/c1-22-19-31-27(34-17-15-33(2)16-18-34)32-26(22)30-21-24-11-9-23(10-12-24)20-28-13-6-14-29-25-7-4-3-5-8-25/h9-12,19,25,28-29H,3-8,13-18,20-21H2,1-2H3,(H,30,31,32). The van der Waals surface area contributed by atoms with E-state index in [1.807, 2.05) is 6.20 Å². The van der Waals surface area contributed by atoms with Crippen LogP contribution in [0, 0.1) is 6.92 Å². The van der Waals surface area contributed by atoms with Crippen molar-refractivity contribution in [3.05, 3.63) is 47.2 Å². The van der Waals surface area contributed by atoms with Gasteiger partial charge in [-0.2, -0.15) is 4.98 Å². The first-order chi connectivity index (χ1) is 16.7. The van der Waals surface area contributed by atoms with Crippen LogP contribution in [0.15, 0.2) is 30.5 Å². The summed E-state index contributed by atoms with van der Waals surface area (Å²) in [7, 11) is 2.16. The Hall–Kier alpha value is -2.22. The van der Waals surface area contributed by atoms with Gasteiger partial charge in [-0.1, -0.05) is 43.5 Å². The number of nitrogens with one attached hydrogen (secondary N) is 3. The number of likely N-dealkylation sites (N-methyl/N-ethyl adjacent to an activating group) is 1.